The van der Waals surface area contributed by atoms with Gasteiger partial charge in [0.2, 0.25) is 0 Å². The van der Waals surface area contributed by atoms with Gasteiger partial charge in [-0.15, -0.1) is 0 Å². The lowest BCUT2D eigenvalue weighted by Crippen LogP contribution is -2.50. The van der Waals surface area contributed by atoms with Crippen LogP contribution in [0.3, 0.4) is 0 Å². The Morgan fingerprint density at radius 3 is 2.46 bits per heavy atom. The van der Waals surface area contributed by atoms with E-state index in [1.54, 1.807) is 0 Å². The molecule has 0 aromatic carbocycles. The van der Waals surface area contributed by atoms with Crippen LogP contribution in [-0.2, 0) is 0 Å². The molecule has 2 saturated heterocycles. The van der Waals surface area contributed by atoms with Gasteiger partial charge in [0, 0.05) is 31.2 Å². The van der Waals surface area contributed by atoms with Gasteiger partial charge in [-0.2, -0.15) is 0 Å². The van der Waals surface area contributed by atoms with E-state index in [1.165, 1.54) is 58.3 Å². The van der Waals surface area contributed by atoms with E-state index >= 15 is 0 Å². The lowest BCUT2D eigenvalue weighted by molar-refractivity contribution is 0.102. The zero-order chi connectivity index (χ0) is 19.0. The first-order chi connectivity index (χ1) is 12.4. The van der Waals surface area contributed by atoms with Crippen LogP contribution in [0.15, 0.2) is 4.99 Å². The van der Waals surface area contributed by atoms with Gasteiger partial charge < -0.3 is 15.5 Å². The molecule has 5 nitrogen and oxygen atoms in total. The highest BCUT2D eigenvalue weighted by atomic mass is 15.2. The molecule has 0 radical (unpaired) electrons. The number of aliphatic imine (C=N–C) groups is 1. The molecule has 0 aromatic heterocycles. The highest BCUT2D eigenvalue weighted by molar-refractivity contribution is 5.79. The Labute approximate surface area is 162 Å². The Morgan fingerprint density at radius 1 is 1.08 bits per heavy atom. The maximum Gasteiger partial charge on any atom is 0.191 e. The minimum absolute atomic E-state index is 0.141. The molecule has 2 N–H and O–H groups in total. The van der Waals surface area contributed by atoms with E-state index in [4.69, 9.17) is 4.99 Å². The molecule has 2 fully saturated rings. The van der Waals surface area contributed by atoms with Crippen LogP contribution in [0.5, 0.6) is 0 Å². The van der Waals surface area contributed by atoms with Crippen LogP contribution < -0.4 is 10.6 Å². The Kier molecular flexibility index (Phi) is 8.68. The van der Waals surface area contributed by atoms with E-state index in [2.05, 4.69) is 55.1 Å². The topological polar surface area (TPSA) is 42.9 Å². The van der Waals surface area contributed by atoms with Crippen molar-refractivity contribution in [2.24, 2.45) is 10.9 Å². The fourth-order valence-corrected chi connectivity index (χ4v) is 4.19. The van der Waals surface area contributed by atoms with Crippen molar-refractivity contribution in [1.82, 2.24) is 20.4 Å². The van der Waals surface area contributed by atoms with Crippen LogP contribution in [0.25, 0.3) is 0 Å². The van der Waals surface area contributed by atoms with Crippen LogP contribution in [0.2, 0.25) is 0 Å². The normalized spacial score (nSPS) is 24.1. The molecule has 5 heteroatoms. The molecular weight excluding hydrogens is 322 g/mol. The van der Waals surface area contributed by atoms with Gasteiger partial charge in [0.05, 0.1) is 6.54 Å². The van der Waals surface area contributed by atoms with Crippen molar-refractivity contribution in [3.63, 3.8) is 0 Å². The number of hydrogen-bond acceptors (Lipinski definition) is 3. The number of nitrogens with one attached hydrogen (secondary N) is 2. The summed E-state index contributed by atoms with van der Waals surface area (Å²) in [4.78, 5) is 10.2. The molecular formula is C21H43N5. The zero-order valence-electron chi connectivity index (χ0n) is 18.0. The molecule has 1 atom stereocenters. The molecule has 2 aliphatic rings. The van der Waals surface area contributed by atoms with E-state index in [1.807, 2.05) is 0 Å². The second-order valence-electron chi connectivity index (χ2n) is 9.03. The standard InChI is InChI=1S/C21H43N5/c1-6-22-20(23-15-19-11-10-12-25(16-19)18(2)3)24-17-21(4,5)26-13-8-7-9-14-26/h18-19H,6-17H2,1-5H3,(H2,22,23,24). The minimum atomic E-state index is 0.141. The molecule has 0 amide bonds. The Bertz CT molecular complexity index is 426. The third kappa shape index (κ3) is 6.73. The molecule has 0 spiro atoms. The van der Waals surface area contributed by atoms with Crippen LogP contribution in [0, 0.1) is 5.92 Å². The lowest BCUT2D eigenvalue weighted by atomic mass is 9.97. The molecule has 26 heavy (non-hydrogen) atoms. The number of guanidine groups is 1. The van der Waals surface area contributed by atoms with Crippen molar-refractivity contribution >= 4 is 5.96 Å². The number of likely N-dealkylation sites (tertiary alicyclic amines) is 2. The lowest BCUT2D eigenvalue weighted by Gasteiger charge is -2.40. The maximum absolute atomic E-state index is 4.94. The quantitative estimate of drug-likeness (QED) is 0.538. The third-order valence-corrected chi connectivity index (χ3v) is 6.02. The summed E-state index contributed by atoms with van der Waals surface area (Å²) in [5, 5.41) is 7.06. The summed E-state index contributed by atoms with van der Waals surface area (Å²) in [7, 11) is 0. The van der Waals surface area contributed by atoms with Crippen LogP contribution in [0.4, 0.5) is 0 Å². The average molecular weight is 366 g/mol. The summed E-state index contributed by atoms with van der Waals surface area (Å²) >= 11 is 0. The highest BCUT2D eigenvalue weighted by Gasteiger charge is 2.28. The SMILES string of the molecule is CCNC(=NCC(C)(C)N1CCCCC1)NCC1CCCN(C(C)C)C1. The molecule has 1 unspecified atom stereocenters. The van der Waals surface area contributed by atoms with Crippen LogP contribution in [0.1, 0.15) is 66.7 Å². The summed E-state index contributed by atoms with van der Waals surface area (Å²) in [6, 6.07) is 0.657. The first-order valence-electron chi connectivity index (χ1n) is 10.9. The molecule has 152 valence electrons. The number of piperidine rings is 2. The molecule has 2 rings (SSSR count). The molecule has 0 aliphatic carbocycles. The van der Waals surface area contributed by atoms with E-state index in [0.717, 1.165) is 31.5 Å². The van der Waals surface area contributed by atoms with E-state index < -0.39 is 0 Å². The maximum atomic E-state index is 4.94. The van der Waals surface area contributed by atoms with Gasteiger partial charge in [-0.25, -0.2) is 0 Å². The molecule has 0 bridgehead atoms. The number of rotatable bonds is 7. The highest BCUT2D eigenvalue weighted by Crippen LogP contribution is 2.21. The van der Waals surface area contributed by atoms with Gasteiger partial charge in [-0.3, -0.25) is 9.89 Å². The predicted molar refractivity (Wildman–Crippen MR) is 113 cm³/mol. The fourth-order valence-electron chi connectivity index (χ4n) is 4.19. The number of nitrogens with zero attached hydrogens (tertiary/aromatic N) is 3. The van der Waals surface area contributed by atoms with Crippen molar-refractivity contribution in [3.05, 3.63) is 0 Å². The van der Waals surface area contributed by atoms with Gasteiger partial charge in [0.15, 0.2) is 5.96 Å². The predicted octanol–water partition coefficient (Wildman–Crippen LogP) is 2.93. The minimum Gasteiger partial charge on any atom is -0.357 e. The van der Waals surface area contributed by atoms with Gasteiger partial charge in [-0.1, -0.05) is 6.42 Å². The largest absolute Gasteiger partial charge is 0.357 e. The van der Waals surface area contributed by atoms with E-state index in [9.17, 15) is 0 Å². The summed E-state index contributed by atoms with van der Waals surface area (Å²) in [6.45, 7) is 19.2. The summed E-state index contributed by atoms with van der Waals surface area (Å²) in [6.07, 6.45) is 6.70. The van der Waals surface area contributed by atoms with Crippen molar-refractivity contribution in [2.75, 3.05) is 45.8 Å². The van der Waals surface area contributed by atoms with Gasteiger partial charge in [0.25, 0.3) is 0 Å². The molecule has 2 heterocycles. The first kappa shape index (κ1) is 21.5. The average Bonchev–Trinajstić information content (AvgIpc) is 2.65. The summed E-state index contributed by atoms with van der Waals surface area (Å²) in [5.74, 6) is 1.71. The van der Waals surface area contributed by atoms with E-state index in [-0.39, 0.29) is 5.54 Å². The Hall–Kier alpha value is -0.810. The molecule has 0 saturated carbocycles. The monoisotopic (exact) mass is 365 g/mol. The second kappa shape index (κ2) is 10.5. The van der Waals surface area contributed by atoms with Crippen molar-refractivity contribution in [2.45, 2.75) is 78.3 Å². The molecule has 2 aliphatic heterocycles. The first-order valence-corrected chi connectivity index (χ1v) is 10.9. The second-order valence-corrected chi connectivity index (χ2v) is 9.03. The third-order valence-electron chi connectivity index (χ3n) is 6.02. The van der Waals surface area contributed by atoms with E-state index in [0.29, 0.717) is 6.04 Å². The van der Waals surface area contributed by atoms with Gasteiger partial charge >= 0.3 is 0 Å². The van der Waals surface area contributed by atoms with Gasteiger partial charge in [-0.05, 0) is 85.9 Å². The molecule has 0 aromatic rings. The number of hydrogen-bond donors (Lipinski definition) is 2. The van der Waals surface area contributed by atoms with Crippen LogP contribution in [-0.4, -0.2) is 73.2 Å². The summed E-state index contributed by atoms with van der Waals surface area (Å²) < 4.78 is 0. The smallest absolute Gasteiger partial charge is 0.191 e. The van der Waals surface area contributed by atoms with Crippen molar-refractivity contribution in [1.29, 1.82) is 0 Å². The Morgan fingerprint density at radius 2 is 1.81 bits per heavy atom. The van der Waals surface area contributed by atoms with Gasteiger partial charge in [0.1, 0.15) is 0 Å². The van der Waals surface area contributed by atoms with Crippen molar-refractivity contribution < 1.29 is 0 Å². The van der Waals surface area contributed by atoms with Crippen LogP contribution >= 0.6 is 0 Å². The Balaban J connectivity index is 1.85. The summed E-state index contributed by atoms with van der Waals surface area (Å²) in [5.41, 5.74) is 0.141. The van der Waals surface area contributed by atoms with Crippen molar-refractivity contribution in [3.8, 4) is 0 Å². The zero-order valence-corrected chi connectivity index (χ0v) is 18.0. The fraction of sp³-hybridized carbons (Fsp3) is 0.952.